The van der Waals surface area contributed by atoms with Crippen LogP contribution in [0.4, 0.5) is 0 Å². The number of hydrogen-bond acceptors (Lipinski definition) is 5. The molecular formula is C12H31N5. The predicted octanol–water partition coefficient (Wildman–Crippen LogP) is -0.120. The summed E-state index contributed by atoms with van der Waals surface area (Å²) in [5.74, 6) is 5.19. The first-order valence-corrected chi connectivity index (χ1v) is 6.91. The van der Waals surface area contributed by atoms with Gasteiger partial charge in [0.15, 0.2) is 0 Å². The molecule has 0 aromatic heterocycles. The predicted molar refractivity (Wildman–Crippen MR) is 74.7 cm³/mol. The monoisotopic (exact) mass is 245 g/mol. The zero-order valence-electron chi connectivity index (χ0n) is 11.4. The molecule has 5 nitrogen and oxygen atoms in total. The molecule has 0 aliphatic carbocycles. The lowest BCUT2D eigenvalue weighted by molar-refractivity contribution is 0.279. The fraction of sp³-hybridized carbons (Fsp3) is 1.00. The smallest absolute Gasteiger partial charge is 0.0109 e. The number of nitrogens with one attached hydrogen (secondary N) is 2. The minimum Gasteiger partial charge on any atom is -0.330 e. The van der Waals surface area contributed by atoms with Crippen LogP contribution >= 0.6 is 0 Å². The van der Waals surface area contributed by atoms with Crippen molar-refractivity contribution in [3.8, 4) is 0 Å². The molecule has 104 valence electrons. The molecule has 0 bridgehead atoms. The Balaban J connectivity index is 3.19. The van der Waals surface area contributed by atoms with E-state index in [-0.39, 0.29) is 0 Å². The van der Waals surface area contributed by atoms with Crippen molar-refractivity contribution in [1.29, 1.82) is 0 Å². The van der Waals surface area contributed by atoms with Gasteiger partial charge in [-0.25, -0.2) is 0 Å². The second-order valence-electron chi connectivity index (χ2n) is 4.34. The summed E-state index contributed by atoms with van der Waals surface area (Å²) in [6.07, 6.45) is 4.71. The van der Waals surface area contributed by atoms with Crippen molar-refractivity contribution in [2.45, 2.75) is 32.6 Å². The molecular weight excluding hydrogens is 214 g/mol. The first-order valence-electron chi connectivity index (χ1n) is 6.91. The lowest BCUT2D eigenvalue weighted by Crippen LogP contribution is -2.28. The number of hydrogen-bond donors (Lipinski definition) is 4. The minimum atomic E-state index is 0.799. The van der Waals surface area contributed by atoms with Gasteiger partial charge in [-0.15, -0.1) is 0 Å². The Morgan fingerprint density at radius 3 is 2.29 bits per heavy atom. The van der Waals surface area contributed by atoms with Gasteiger partial charge in [0.2, 0.25) is 0 Å². The van der Waals surface area contributed by atoms with E-state index in [1.807, 2.05) is 0 Å². The summed E-state index contributed by atoms with van der Waals surface area (Å²) < 4.78 is 0. The van der Waals surface area contributed by atoms with Gasteiger partial charge in [0.05, 0.1) is 0 Å². The molecule has 0 heterocycles. The molecule has 0 atom stereocenters. The molecule has 6 N–H and O–H groups in total. The highest BCUT2D eigenvalue weighted by molar-refractivity contribution is 4.57. The molecule has 0 spiro atoms. The van der Waals surface area contributed by atoms with Gasteiger partial charge < -0.3 is 16.0 Å². The summed E-state index contributed by atoms with van der Waals surface area (Å²) in [6.45, 7) is 9.53. The lowest BCUT2D eigenvalue weighted by atomic mass is 10.2. The molecule has 0 radical (unpaired) electrons. The summed E-state index contributed by atoms with van der Waals surface area (Å²) >= 11 is 0. The van der Waals surface area contributed by atoms with Gasteiger partial charge in [-0.05, 0) is 65.0 Å². The first-order chi connectivity index (χ1) is 8.35. The molecule has 0 aliphatic heterocycles. The van der Waals surface area contributed by atoms with E-state index >= 15 is 0 Å². The standard InChI is InChI=1S/C12H31N5/c1-2-17(12-5-7-13)11-4-3-8-15-9-6-10-16-14/h15-16H,2-14H2,1H3. The SMILES string of the molecule is CCN(CCCN)CCCCNCCCNN. The maximum atomic E-state index is 5.52. The van der Waals surface area contributed by atoms with Crippen LogP contribution < -0.4 is 22.3 Å². The molecule has 0 saturated heterocycles. The molecule has 0 fully saturated rings. The van der Waals surface area contributed by atoms with Gasteiger partial charge >= 0.3 is 0 Å². The van der Waals surface area contributed by atoms with Gasteiger partial charge in [-0.1, -0.05) is 6.92 Å². The number of hydrazine groups is 1. The fourth-order valence-corrected chi connectivity index (χ4v) is 1.77. The number of rotatable bonds is 13. The van der Waals surface area contributed by atoms with E-state index in [2.05, 4.69) is 22.6 Å². The third-order valence-electron chi connectivity index (χ3n) is 2.88. The van der Waals surface area contributed by atoms with Crippen molar-refractivity contribution < 1.29 is 0 Å². The fourth-order valence-electron chi connectivity index (χ4n) is 1.77. The van der Waals surface area contributed by atoms with Crippen molar-refractivity contribution in [3.63, 3.8) is 0 Å². The lowest BCUT2D eigenvalue weighted by Gasteiger charge is -2.19. The van der Waals surface area contributed by atoms with E-state index in [0.717, 1.165) is 52.1 Å². The molecule has 5 heteroatoms. The Kier molecular flexibility index (Phi) is 13.7. The summed E-state index contributed by atoms with van der Waals surface area (Å²) in [7, 11) is 0. The summed E-state index contributed by atoms with van der Waals surface area (Å²) in [5.41, 5.74) is 8.17. The van der Waals surface area contributed by atoms with Crippen LogP contribution in [0, 0.1) is 0 Å². The van der Waals surface area contributed by atoms with Gasteiger partial charge in [-0.2, -0.15) is 0 Å². The molecule has 0 rings (SSSR count). The summed E-state index contributed by atoms with van der Waals surface area (Å²) in [5, 5.41) is 3.42. The van der Waals surface area contributed by atoms with E-state index < -0.39 is 0 Å². The van der Waals surface area contributed by atoms with E-state index in [1.54, 1.807) is 0 Å². The zero-order valence-corrected chi connectivity index (χ0v) is 11.4. The third kappa shape index (κ3) is 12.1. The number of unbranched alkanes of at least 4 members (excludes halogenated alkanes) is 1. The van der Waals surface area contributed by atoms with Gasteiger partial charge in [0.25, 0.3) is 0 Å². The van der Waals surface area contributed by atoms with Crippen molar-refractivity contribution in [2.75, 3.05) is 45.8 Å². The Labute approximate surface area is 106 Å². The van der Waals surface area contributed by atoms with Crippen molar-refractivity contribution in [3.05, 3.63) is 0 Å². The number of nitrogens with zero attached hydrogens (tertiary/aromatic N) is 1. The zero-order chi connectivity index (χ0) is 12.8. The van der Waals surface area contributed by atoms with Crippen LogP contribution in [0.25, 0.3) is 0 Å². The molecule has 17 heavy (non-hydrogen) atoms. The highest BCUT2D eigenvalue weighted by Gasteiger charge is 2.00. The average Bonchev–Trinajstić information content (AvgIpc) is 2.36. The van der Waals surface area contributed by atoms with Crippen LogP contribution in [-0.2, 0) is 0 Å². The second kappa shape index (κ2) is 13.9. The Bertz CT molecular complexity index is 143. The van der Waals surface area contributed by atoms with Crippen LogP contribution in [0.5, 0.6) is 0 Å². The van der Waals surface area contributed by atoms with E-state index in [1.165, 1.54) is 19.4 Å². The molecule has 0 unspecified atom stereocenters. The van der Waals surface area contributed by atoms with Gasteiger partial charge in [0, 0.05) is 6.54 Å². The third-order valence-corrected chi connectivity index (χ3v) is 2.88. The molecule has 0 saturated carbocycles. The highest BCUT2D eigenvalue weighted by Crippen LogP contribution is 1.96. The molecule has 0 aromatic rings. The van der Waals surface area contributed by atoms with Crippen molar-refractivity contribution in [2.24, 2.45) is 11.6 Å². The molecule has 0 aromatic carbocycles. The van der Waals surface area contributed by atoms with Crippen LogP contribution in [0.2, 0.25) is 0 Å². The maximum Gasteiger partial charge on any atom is 0.0109 e. The Morgan fingerprint density at radius 2 is 1.65 bits per heavy atom. The maximum absolute atomic E-state index is 5.52. The van der Waals surface area contributed by atoms with E-state index in [9.17, 15) is 0 Å². The summed E-state index contributed by atoms with van der Waals surface area (Å²) in [6, 6.07) is 0. The molecule has 0 amide bonds. The van der Waals surface area contributed by atoms with Crippen molar-refractivity contribution in [1.82, 2.24) is 15.6 Å². The van der Waals surface area contributed by atoms with Gasteiger partial charge in [-0.3, -0.25) is 11.3 Å². The van der Waals surface area contributed by atoms with Gasteiger partial charge in [0.1, 0.15) is 0 Å². The second-order valence-corrected chi connectivity index (χ2v) is 4.34. The largest absolute Gasteiger partial charge is 0.330 e. The highest BCUT2D eigenvalue weighted by atomic mass is 15.2. The van der Waals surface area contributed by atoms with Crippen LogP contribution in [-0.4, -0.2) is 50.7 Å². The number of nitrogens with two attached hydrogens (primary N) is 2. The van der Waals surface area contributed by atoms with Crippen molar-refractivity contribution >= 4 is 0 Å². The minimum absolute atomic E-state index is 0.799. The Hall–Kier alpha value is -0.200. The average molecular weight is 245 g/mol. The van der Waals surface area contributed by atoms with E-state index in [4.69, 9.17) is 11.6 Å². The van der Waals surface area contributed by atoms with Crippen LogP contribution in [0.1, 0.15) is 32.6 Å². The topological polar surface area (TPSA) is 79.3 Å². The quantitative estimate of drug-likeness (QED) is 0.207. The van der Waals surface area contributed by atoms with E-state index in [0.29, 0.717) is 0 Å². The van der Waals surface area contributed by atoms with Crippen LogP contribution in [0.15, 0.2) is 0 Å². The van der Waals surface area contributed by atoms with Crippen LogP contribution in [0.3, 0.4) is 0 Å². The normalized spacial score (nSPS) is 11.3. The summed E-state index contributed by atoms with van der Waals surface area (Å²) in [4.78, 5) is 2.48. The first kappa shape index (κ1) is 16.8. The Morgan fingerprint density at radius 1 is 0.941 bits per heavy atom. The molecule has 0 aliphatic rings.